The SMILES string of the molecule is CCOc1ccc(/C=N/NC(=O)c2ccc(C)nc2)c(O)c1. The molecule has 0 bridgehead atoms. The summed E-state index contributed by atoms with van der Waals surface area (Å²) in [5, 5.41) is 13.7. The van der Waals surface area contributed by atoms with Crippen molar-refractivity contribution in [2.24, 2.45) is 5.10 Å². The monoisotopic (exact) mass is 299 g/mol. The van der Waals surface area contributed by atoms with E-state index < -0.39 is 0 Å². The van der Waals surface area contributed by atoms with Crippen LogP contribution in [0.3, 0.4) is 0 Å². The van der Waals surface area contributed by atoms with E-state index in [9.17, 15) is 9.90 Å². The van der Waals surface area contributed by atoms with Gasteiger partial charge in [0.15, 0.2) is 0 Å². The highest BCUT2D eigenvalue weighted by molar-refractivity contribution is 5.94. The van der Waals surface area contributed by atoms with E-state index in [4.69, 9.17) is 4.74 Å². The van der Waals surface area contributed by atoms with Crippen molar-refractivity contribution in [2.45, 2.75) is 13.8 Å². The van der Waals surface area contributed by atoms with E-state index in [1.165, 1.54) is 18.5 Å². The summed E-state index contributed by atoms with van der Waals surface area (Å²) in [6, 6.07) is 8.29. The molecule has 0 spiro atoms. The first-order valence-corrected chi connectivity index (χ1v) is 6.82. The highest BCUT2D eigenvalue weighted by atomic mass is 16.5. The molecule has 0 aliphatic rings. The Bertz CT molecular complexity index is 682. The molecule has 6 heteroatoms. The minimum atomic E-state index is -0.367. The molecule has 0 atom stereocenters. The molecule has 114 valence electrons. The number of phenolic OH excluding ortho intramolecular Hbond substituents is 1. The molecule has 0 aliphatic carbocycles. The third kappa shape index (κ3) is 4.05. The fourth-order valence-electron chi connectivity index (χ4n) is 1.72. The minimum Gasteiger partial charge on any atom is -0.507 e. The zero-order chi connectivity index (χ0) is 15.9. The van der Waals surface area contributed by atoms with Crippen LogP contribution in [0.25, 0.3) is 0 Å². The van der Waals surface area contributed by atoms with E-state index in [1.54, 1.807) is 24.3 Å². The summed E-state index contributed by atoms with van der Waals surface area (Å²) in [4.78, 5) is 15.9. The van der Waals surface area contributed by atoms with Crippen LogP contribution in [0.15, 0.2) is 41.6 Å². The molecular formula is C16H17N3O3. The van der Waals surface area contributed by atoms with Crippen LogP contribution in [0, 0.1) is 6.92 Å². The van der Waals surface area contributed by atoms with Crippen molar-refractivity contribution in [1.82, 2.24) is 10.4 Å². The molecule has 2 N–H and O–H groups in total. The molecule has 0 fully saturated rings. The predicted octanol–water partition coefficient (Wildman–Crippen LogP) is 2.26. The van der Waals surface area contributed by atoms with Crippen LogP contribution >= 0.6 is 0 Å². The molecule has 0 radical (unpaired) electrons. The molecule has 6 nitrogen and oxygen atoms in total. The summed E-state index contributed by atoms with van der Waals surface area (Å²) >= 11 is 0. The number of carbonyl (C=O) groups is 1. The van der Waals surface area contributed by atoms with Crippen molar-refractivity contribution in [2.75, 3.05) is 6.61 Å². The number of aryl methyl sites for hydroxylation is 1. The Labute approximate surface area is 128 Å². The summed E-state index contributed by atoms with van der Waals surface area (Å²) in [5.41, 5.74) is 4.11. The maximum atomic E-state index is 11.8. The predicted molar refractivity (Wildman–Crippen MR) is 83.3 cm³/mol. The van der Waals surface area contributed by atoms with Gasteiger partial charge in [-0.15, -0.1) is 0 Å². The lowest BCUT2D eigenvalue weighted by Gasteiger charge is -2.05. The van der Waals surface area contributed by atoms with Gasteiger partial charge < -0.3 is 9.84 Å². The molecule has 1 aromatic carbocycles. The van der Waals surface area contributed by atoms with Crippen molar-refractivity contribution in [3.05, 3.63) is 53.3 Å². The minimum absolute atomic E-state index is 0.0287. The molecule has 0 saturated heterocycles. The number of nitrogens with one attached hydrogen (secondary N) is 1. The number of hydrogen-bond acceptors (Lipinski definition) is 5. The Hall–Kier alpha value is -2.89. The fraction of sp³-hybridized carbons (Fsp3) is 0.188. The van der Waals surface area contributed by atoms with E-state index in [0.717, 1.165) is 5.69 Å². The molecule has 2 rings (SSSR count). The quantitative estimate of drug-likeness (QED) is 0.655. The average molecular weight is 299 g/mol. The van der Waals surface area contributed by atoms with Crippen LogP contribution in [0.4, 0.5) is 0 Å². The molecule has 1 heterocycles. The number of amides is 1. The number of rotatable bonds is 5. The van der Waals surface area contributed by atoms with Gasteiger partial charge in [-0.2, -0.15) is 5.10 Å². The molecule has 1 aromatic heterocycles. The number of pyridine rings is 1. The van der Waals surface area contributed by atoms with Crippen LogP contribution in [0.5, 0.6) is 11.5 Å². The number of carbonyl (C=O) groups excluding carboxylic acids is 1. The second-order valence-corrected chi connectivity index (χ2v) is 4.54. The van der Waals surface area contributed by atoms with Crippen molar-refractivity contribution in [1.29, 1.82) is 0 Å². The third-order valence-corrected chi connectivity index (χ3v) is 2.86. The first kappa shape index (κ1) is 15.5. The molecule has 0 saturated carbocycles. The molecule has 22 heavy (non-hydrogen) atoms. The van der Waals surface area contributed by atoms with Gasteiger partial charge in [-0.3, -0.25) is 9.78 Å². The highest BCUT2D eigenvalue weighted by Gasteiger charge is 2.04. The Morgan fingerprint density at radius 2 is 2.23 bits per heavy atom. The summed E-state index contributed by atoms with van der Waals surface area (Å²) in [6.07, 6.45) is 2.85. The normalized spacial score (nSPS) is 10.6. The Kier molecular flexibility index (Phi) is 5.08. The Morgan fingerprint density at radius 3 is 2.86 bits per heavy atom. The lowest BCUT2D eigenvalue weighted by atomic mass is 10.2. The second-order valence-electron chi connectivity index (χ2n) is 4.54. The van der Waals surface area contributed by atoms with Crippen molar-refractivity contribution >= 4 is 12.1 Å². The van der Waals surface area contributed by atoms with E-state index >= 15 is 0 Å². The summed E-state index contributed by atoms with van der Waals surface area (Å²) in [6.45, 7) is 4.23. The van der Waals surface area contributed by atoms with E-state index in [-0.39, 0.29) is 11.7 Å². The van der Waals surface area contributed by atoms with Crippen LogP contribution < -0.4 is 10.2 Å². The smallest absolute Gasteiger partial charge is 0.272 e. The zero-order valence-corrected chi connectivity index (χ0v) is 12.4. The largest absolute Gasteiger partial charge is 0.507 e. The van der Waals surface area contributed by atoms with Crippen LogP contribution in [-0.2, 0) is 0 Å². The number of aromatic hydroxyl groups is 1. The lowest BCUT2D eigenvalue weighted by molar-refractivity contribution is 0.0954. The van der Waals surface area contributed by atoms with E-state index in [2.05, 4.69) is 15.5 Å². The molecule has 0 aliphatic heterocycles. The number of hydrogen-bond donors (Lipinski definition) is 2. The lowest BCUT2D eigenvalue weighted by Crippen LogP contribution is -2.17. The van der Waals surface area contributed by atoms with Crippen molar-refractivity contribution in [3.63, 3.8) is 0 Å². The average Bonchev–Trinajstić information content (AvgIpc) is 2.50. The zero-order valence-electron chi connectivity index (χ0n) is 12.4. The maximum Gasteiger partial charge on any atom is 0.272 e. The molecule has 1 amide bonds. The van der Waals surface area contributed by atoms with Gasteiger partial charge in [0.05, 0.1) is 18.4 Å². The number of nitrogens with zero attached hydrogens (tertiary/aromatic N) is 2. The van der Waals surface area contributed by atoms with E-state index in [0.29, 0.717) is 23.5 Å². The first-order chi connectivity index (χ1) is 10.6. The van der Waals surface area contributed by atoms with E-state index in [1.807, 2.05) is 13.8 Å². The molecular weight excluding hydrogens is 282 g/mol. The molecule has 0 unspecified atom stereocenters. The highest BCUT2D eigenvalue weighted by Crippen LogP contribution is 2.22. The fourth-order valence-corrected chi connectivity index (χ4v) is 1.72. The summed E-state index contributed by atoms with van der Waals surface area (Å²) in [7, 11) is 0. The number of ether oxygens (including phenoxy) is 1. The van der Waals surface area contributed by atoms with Crippen LogP contribution in [-0.4, -0.2) is 28.8 Å². The molecule has 2 aromatic rings. The van der Waals surface area contributed by atoms with Gasteiger partial charge in [0.1, 0.15) is 11.5 Å². The Balaban J connectivity index is 2.00. The van der Waals surface area contributed by atoms with Crippen LogP contribution in [0.1, 0.15) is 28.5 Å². The van der Waals surface area contributed by atoms with Crippen molar-refractivity contribution in [3.8, 4) is 11.5 Å². The second kappa shape index (κ2) is 7.21. The number of phenols is 1. The maximum absolute atomic E-state index is 11.8. The number of benzene rings is 1. The number of hydrazone groups is 1. The standard InChI is InChI=1S/C16H17N3O3/c1-3-22-14-7-6-12(15(20)8-14)10-18-19-16(21)13-5-4-11(2)17-9-13/h4-10,20H,3H2,1-2H3,(H,19,21)/b18-10+. The van der Waals surface area contributed by atoms with Gasteiger partial charge >= 0.3 is 0 Å². The van der Waals surface area contributed by atoms with Gasteiger partial charge in [-0.25, -0.2) is 5.43 Å². The van der Waals surface area contributed by atoms with Gasteiger partial charge in [-0.05, 0) is 38.1 Å². The van der Waals surface area contributed by atoms with Gasteiger partial charge in [-0.1, -0.05) is 0 Å². The topological polar surface area (TPSA) is 83.8 Å². The van der Waals surface area contributed by atoms with Crippen LogP contribution in [0.2, 0.25) is 0 Å². The van der Waals surface area contributed by atoms with Gasteiger partial charge in [0.25, 0.3) is 5.91 Å². The number of aromatic nitrogens is 1. The summed E-state index contributed by atoms with van der Waals surface area (Å²) in [5.74, 6) is 0.238. The summed E-state index contributed by atoms with van der Waals surface area (Å²) < 4.78 is 5.27. The first-order valence-electron chi connectivity index (χ1n) is 6.82. The van der Waals surface area contributed by atoms with Gasteiger partial charge in [0.2, 0.25) is 0 Å². The van der Waals surface area contributed by atoms with Crippen molar-refractivity contribution < 1.29 is 14.6 Å². The Morgan fingerprint density at radius 1 is 1.41 bits per heavy atom. The van der Waals surface area contributed by atoms with Gasteiger partial charge in [0, 0.05) is 23.5 Å². The third-order valence-electron chi connectivity index (χ3n) is 2.86.